The third-order valence-electron chi connectivity index (χ3n) is 4.96. The molecule has 4 heteroatoms. The Balaban J connectivity index is 2.10. The molecule has 1 aromatic heterocycles. The molecule has 0 fully saturated rings. The second-order valence-corrected chi connectivity index (χ2v) is 6.39. The van der Waals surface area contributed by atoms with Gasteiger partial charge >= 0.3 is 0 Å². The van der Waals surface area contributed by atoms with Gasteiger partial charge in [0, 0.05) is 45.9 Å². The fraction of sp³-hybridized carbons (Fsp3) is 0.300. The average Bonchev–Trinajstić information content (AvgIpc) is 3.10. The number of halogens is 1. The number of carbonyl (C=O) groups is 2. The number of Topliss-reactive ketones (excluding diaryl/α,β-unsaturated/α-hetero) is 2. The van der Waals surface area contributed by atoms with Crippen molar-refractivity contribution in [3.8, 4) is 0 Å². The number of rotatable bonds is 4. The molecule has 0 spiro atoms. The zero-order valence-electron chi connectivity index (χ0n) is 13.6. The molecule has 0 N–H and O–H groups in total. The van der Waals surface area contributed by atoms with Gasteiger partial charge in [-0.2, -0.15) is 0 Å². The molecule has 0 atom stereocenters. The molecule has 122 valence electrons. The molecular weight excluding hydrogens is 305 g/mol. The van der Waals surface area contributed by atoms with E-state index in [9.17, 15) is 14.0 Å². The molecule has 24 heavy (non-hydrogen) atoms. The Kier molecular flexibility index (Phi) is 3.48. The lowest BCUT2D eigenvalue weighted by atomic mass is 10.0. The van der Waals surface area contributed by atoms with Gasteiger partial charge in [0.2, 0.25) is 0 Å². The van der Waals surface area contributed by atoms with Crippen molar-refractivity contribution in [3.63, 3.8) is 0 Å². The van der Waals surface area contributed by atoms with Gasteiger partial charge < -0.3 is 4.57 Å². The summed E-state index contributed by atoms with van der Waals surface area (Å²) in [4.78, 5) is 23.9. The van der Waals surface area contributed by atoms with E-state index < -0.39 is 0 Å². The van der Waals surface area contributed by atoms with Gasteiger partial charge in [0.1, 0.15) is 0 Å². The minimum atomic E-state index is -0.365. The van der Waals surface area contributed by atoms with E-state index in [4.69, 9.17) is 0 Å². The van der Waals surface area contributed by atoms with E-state index in [1.807, 2.05) is 30.3 Å². The van der Waals surface area contributed by atoms with Crippen LogP contribution in [0.3, 0.4) is 0 Å². The largest absolute Gasteiger partial charge is 0.340 e. The van der Waals surface area contributed by atoms with Gasteiger partial charge in [0.25, 0.3) is 0 Å². The fourth-order valence-electron chi connectivity index (χ4n) is 3.83. The number of hydrogen-bond donors (Lipinski definition) is 0. The molecule has 0 aliphatic heterocycles. The van der Waals surface area contributed by atoms with Gasteiger partial charge in [-0.3, -0.25) is 14.0 Å². The van der Waals surface area contributed by atoms with Gasteiger partial charge in [0.15, 0.2) is 11.6 Å². The average molecular weight is 323 g/mol. The predicted octanol–water partition coefficient (Wildman–Crippen LogP) is 4.49. The van der Waals surface area contributed by atoms with E-state index in [1.165, 1.54) is 0 Å². The van der Waals surface area contributed by atoms with Gasteiger partial charge in [-0.25, -0.2) is 0 Å². The Hall–Kier alpha value is -2.49. The monoisotopic (exact) mass is 323 g/mol. The summed E-state index contributed by atoms with van der Waals surface area (Å²) in [7, 11) is 0. The number of ketones is 2. The number of carbonyl (C=O) groups excluding carboxylic acids is 2. The highest BCUT2D eigenvalue weighted by atomic mass is 19.1. The molecule has 3 nitrogen and oxygen atoms in total. The van der Waals surface area contributed by atoms with Crippen molar-refractivity contribution in [1.82, 2.24) is 4.57 Å². The van der Waals surface area contributed by atoms with Crippen molar-refractivity contribution in [3.05, 3.63) is 47.0 Å². The zero-order chi connectivity index (χ0) is 16.8. The van der Waals surface area contributed by atoms with Crippen LogP contribution in [0.1, 0.15) is 46.0 Å². The first kappa shape index (κ1) is 15.1. The van der Waals surface area contributed by atoms with Crippen molar-refractivity contribution in [1.29, 1.82) is 0 Å². The Bertz CT molecular complexity index is 1000. The summed E-state index contributed by atoms with van der Waals surface area (Å²) >= 11 is 0. The molecular formula is C20H18FNO2. The molecule has 0 bridgehead atoms. The Morgan fingerprint density at radius 3 is 2.71 bits per heavy atom. The SMILES string of the molecule is CC(=O)c1ccc2c(c1)c1c3c(ccc1n2CCCF)C(=O)CC3. The van der Waals surface area contributed by atoms with Gasteiger partial charge in [-0.1, -0.05) is 0 Å². The molecule has 0 saturated heterocycles. The first-order valence-corrected chi connectivity index (χ1v) is 8.29. The Morgan fingerprint density at radius 2 is 1.96 bits per heavy atom. The van der Waals surface area contributed by atoms with Crippen molar-refractivity contribution in [2.24, 2.45) is 0 Å². The summed E-state index contributed by atoms with van der Waals surface area (Å²) in [5.74, 6) is 0.199. The molecule has 0 radical (unpaired) electrons. The number of aromatic nitrogens is 1. The standard InChI is InChI=1S/C20H18FNO2/c1-12(23)13-3-6-17-16(11-13)20-15-5-8-19(24)14(15)4-7-18(20)22(17)10-2-9-21/h3-4,6-7,11H,2,5,8-10H2,1H3. The molecule has 1 aliphatic rings. The Morgan fingerprint density at radius 1 is 1.17 bits per heavy atom. The van der Waals surface area contributed by atoms with E-state index in [0.717, 1.165) is 39.4 Å². The predicted molar refractivity (Wildman–Crippen MR) is 92.7 cm³/mol. The van der Waals surface area contributed by atoms with Crippen molar-refractivity contribution >= 4 is 33.4 Å². The normalized spacial score (nSPS) is 13.8. The van der Waals surface area contributed by atoms with Crippen molar-refractivity contribution in [2.75, 3.05) is 6.67 Å². The van der Waals surface area contributed by atoms with E-state index in [-0.39, 0.29) is 18.2 Å². The number of benzene rings is 2. The molecule has 0 unspecified atom stereocenters. The van der Waals surface area contributed by atoms with Crippen LogP contribution in [0, 0.1) is 0 Å². The van der Waals surface area contributed by atoms with E-state index in [0.29, 0.717) is 24.9 Å². The number of alkyl halides is 1. The molecule has 3 aromatic rings. The van der Waals surface area contributed by atoms with Crippen LogP contribution in [0.5, 0.6) is 0 Å². The van der Waals surface area contributed by atoms with Crippen LogP contribution < -0.4 is 0 Å². The molecule has 1 aliphatic carbocycles. The second-order valence-electron chi connectivity index (χ2n) is 6.39. The highest BCUT2D eigenvalue weighted by Crippen LogP contribution is 2.37. The highest BCUT2D eigenvalue weighted by molar-refractivity contribution is 6.16. The fourth-order valence-corrected chi connectivity index (χ4v) is 3.83. The lowest BCUT2D eigenvalue weighted by Crippen LogP contribution is -1.99. The van der Waals surface area contributed by atoms with Gasteiger partial charge in [-0.05, 0) is 55.7 Å². The minimum absolute atomic E-state index is 0.0187. The third-order valence-corrected chi connectivity index (χ3v) is 4.96. The lowest BCUT2D eigenvalue weighted by Gasteiger charge is -2.06. The molecule has 0 amide bonds. The van der Waals surface area contributed by atoms with E-state index >= 15 is 0 Å². The first-order valence-electron chi connectivity index (χ1n) is 8.29. The summed E-state index contributed by atoms with van der Waals surface area (Å²) in [6.07, 6.45) is 1.72. The summed E-state index contributed by atoms with van der Waals surface area (Å²) in [5, 5.41) is 2.04. The lowest BCUT2D eigenvalue weighted by molar-refractivity contribution is 0.0991. The molecule has 2 aromatic carbocycles. The summed E-state index contributed by atoms with van der Waals surface area (Å²) in [6, 6.07) is 9.52. The van der Waals surface area contributed by atoms with Crippen molar-refractivity contribution in [2.45, 2.75) is 32.7 Å². The third kappa shape index (κ3) is 2.09. The number of nitrogens with zero attached hydrogens (tertiary/aromatic N) is 1. The van der Waals surface area contributed by atoms with Crippen LogP contribution in [-0.4, -0.2) is 22.8 Å². The van der Waals surface area contributed by atoms with E-state index in [2.05, 4.69) is 4.57 Å². The van der Waals surface area contributed by atoms with Crippen molar-refractivity contribution < 1.29 is 14.0 Å². The van der Waals surface area contributed by atoms with Crippen LogP contribution in [0.15, 0.2) is 30.3 Å². The quantitative estimate of drug-likeness (QED) is 0.664. The van der Waals surface area contributed by atoms with Crippen LogP contribution in [-0.2, 0) is 13.0 Å². The van der Waals surface area contributed by atoms with Gasteiger partial charge in [0.05, 0.1) is 6.67 Å². The molecule has 0 saturated carbocycles. The zero-order valence-corrected chi connectivity index (χ0v) is 13.6. The maximum atomic E-state index is 12.7. The summed E-state index contributed by atoms with van der Waals surface area (Å²) in [5.41, 5.74) is 4.54. The van der Waals surface area contributed by atoms with Crippen LogP contribution in [0.4, 0.5) is 4.39 Å². The molecule has 1 heterocycles. The maximum absolute atomic E-state index is 12.7. The highest BCUT2D eigenvalue weighted by Gasteiger charge is 2.24. The summed E-state index contributed by atoms with van der Waals surface area (Å²) < 4.78 is 14.8. The Labute approximate surface area is 139 Å². The van der Waals surface area contributed by atoms with Crippen LogP contribution in [0.2, 0.25) is 0 Å². The number of fused-ring (bicyclic) bond motifs is 5. The topological polar surface area (TPSA) is 39.1 Å². The maximum Gasteiger partial charge on any atom is 0.163 e. The number of hydrogen-bond acceptors (Lipinski definition) is 2. The smallest absolute Gasteiger partial charge is 0.163 e. The first-order chi connectivity index (χ1) is 11.6. The summed E-state index contributed by atoms with van der Waals surface area (Å²) in [6.45, 7) is 1.77. The number of aryl methyl sites for hydroxylation is 2. The minimum Gasteiger partial charge on any atom is -0.340 e. The van der Waals surface area contributed by atoms with Crippen LogP contribution >= 0.6 is 0 Å². The van der Waals surface area contributed by atoms with Gasteiger partial charge in [-0.15, -0.1) is 0 Å². The molecule has 4 rings (SSSR count). The van der Waals surface area contributed by atoms with E-state index in [1.54, 1.807) is 6.92 Å². The van der Waals surface area contributed by atoms with Crippen LogP contribution in [0.25, 0.3) is 21.8 Å². The second kappa shape index (κ2) is 5.55.